The van der Waals surface area contributed by atoms with Gasteiger partial charge in [-0.05, 0) is 30.0 Å². The van der Waals surface area contributed by atoms with E-state index in [0.717, 1.165) is 51.4 Å². The molecule has 1 amide bonds. The van der Waals surface area contributed by atoms with Gasteiger partial charge in [0, 0.05) is 56.8 Å². The molecule has 27 heavy (non-hydrogen) atoms. The molecule has 0 aliphatic carbocycles. The van der Waals surface area contributed by atoms with Crippen LogP contribution in [-0.4, -0.2) is 57.2 Å². The summed E-state index contributed by atoms with van der Waals surface area (Å²) < 4.78 is 5.40. The van der Waals surface area contributed by atoms with Crippen LogP contribution < -0.4 is 15.0 Å². The van der Waals surface area contributed by atoms with Crippen molar-refractivity contribution < 1.29 is 9.53 Å². The van der Waals surface area contributed by atoms with Crippen molar-refractivity contribution in [3.05, 3.63) is 36.4 Å². The van der Waals surface area contributed by atoms with E-state index in [-0.39, 0.29) is 18.3 Å². The fourth-order valence-electron chi connectivity index (χ4n) is 3.52. The fraction of sp³-hybridized carbons (Fsp3) is 0.476. The number of carbonyl (C=O) groups excluding carboxylic acids is 1. The average molecular weight is 392 g/mol. The molecule has 0 aromatic heterocycles. The van der Waals surface area contributed by atoms with Crippen molar-refractivity contribution in [2.45, 2.75) is 19.8 Å². The second kappa shape index (κ2) is 10.4. The van der Waals surface area contributed by atoms with Crippen LogP contribution in [0.15, 0.2) is 36.4 Å². The van der Waals surface area contributed by atoms with Gasteiger partial charge in [0.25, 0.3) is 0 Å². The van der Waals surface area contributed by atoms with Crippen LogP contribution in [0.2, 0.25) is 0 Å². The summed E-state index contributed by atoms with van der Waals surface area (Å²) in [5.41, 5.74) is 1.28. The summed E-state index contributed by atoms with van der Waals surface area (Å²) in [7, 11) is 1.71. The van der Waals surface area contributed by atoms with E-state index in [2.05, 4.69) is 45.4 Å². The van der Waals surface area contributed by atoms with Gasteiger partial charge in [-0.25, -0.2) is 0 Å². The topological polar surface area (TPSA) is 44.8 Å². The number of nitrogens with one attached hydrogen (secondary N) is 1. The highest BCUT2D eigenvalue weighted by Crippen LogP contribution is 2.30. The zero-order valence-electron chi connectivity index (χ0n) is 16.2. The molecule has 1 aliphatic heterocycles. The van der Waals surface area contributed by atoms with Crippen LogP contribution in [0, 0.1) is 0 Å². The third kappa shape index (κ3) is 5.50. The Balaban J connectivity index is 0.00000261. The van der Waals surface area contributed by atoms with E-state index in [1.165, 1.54) is 16.5 Å². The van der Waals surface area contributed by atoms with Gasteiger partial charge in [-0.1, -0.05) is 25.1 Å². The molecule has 1 aliphatic rings. The number of ether oxygens (including phenoxy) is 1. The standard InChI is InChI=1S/C21H29N3O2.ClH/c1-3-5-21(25)22-10-11-23-12-14-24(15-13-23)20-7-4-6-17-8-9-18(26-2)16-19(17)20;/h4,6-9,16H,3,5,10-15H2,1-2H3,(H,22,25);1H. The number of piperazine rings is 1. The van der Waals surface area contributed by atoms with E-state index in [9.17, 15) is 4.79 Å². The van der Waals surface area contributed by atoms with Crippen molar-refractivity contribution in [3.8, 4) is 5.75 Å². The third-order valence-corrected chi connectivity index (χ3v) is 5.01. The first-order chi connectivity index (χ1) is 12.7. The number of fused-ring (bicyclic) bond motifs is 1. The number of benzene rings is 2. The molecule has 0 bridgehead atoms. The molecule has 0 atom stereocenters. The van der Waals surface area contributed by atoms with Gasteiger partial charge in [0.1, 0.15) is 5.75 Å². The number of halogens is 1. The molecule has 2 aromatic rings. The number of rotatable bonds is 7. The van der Waals surface area contributed by atoms with E-state index in [1.807, 2.05) is 13.0 Å². The predicted molar refractivity (Wildman–Crippen MR) is 114 cm³/mol. The molecule has 148 valence electrons. The Morgan fingerprint density at radius 2 is 1.93 bits per heavy atom. The van der Waals surface area contributed by atoms with E-state index in [4.69, 9.17) is 4.74 Å². The van der Waals surface area contributed by atoms with Crippen molar-refractivity contribution in [2.24, 2.45) is 0 Å². The fourth-order valence-corrected chi connectivity index (χ4v) is 3.52. The lowest BCUT2D eigenvalue weighted by atomic mass is 10.1. The lowest BCUT2D eigenvalue weighted by molar-refractivity contribution is -0.121. The number of nitrogens with zero attached hydrogens (tertiary/aromatic N) is 2. The molecule has 5 nitrogen and oxygen atoms in total. The molecule has 2 aromatic carbocycles. The van der Waals surface area contributed by atoms with Crippen LogP contribution in [0.4, 0.5) is 5.69 Å². The quantitative estimate of drug-likeness (QED) is 0.786. The Kier molecular flexibility index (Phi) is 8.20. The number of hydrogen-bond acceptors (Lipinski definition) is 4. The van der Waals surface area contributed by atoms with Gasteiger partial charge in [0.2, 0.25) is 5.91 Å². The first-order valence-corrected chi connectivity index (χ1v) is 9.52. The summed E-state index contributed by atoms with van der Waals surface area (Å²) in [6.45, 7) is 7.73. The summed E-state index contributed by atoms with van der Waals surface area (Å²) in [5, 5.41) is 5.49. The summed E-state index contributed by atoms with van der Waals surface area (Å²) in [6.07, 6.45) is 1.53. The Labute approximate surface area is 168 Å². The number of carbonyl (C=O) groups is 1. The number of anilines is 1. The van der Waals surface area contributed by atoms with E-state index in [1.54, 1.807) is 7.11 Å². The number of hydrogen-bond donors (Lipinski definition) is 1. The van der Waals surface area contributed by atoms with Crippen LogP contribution in [0.25, 0.3) is 10.8 Å². The van der Waals surface area contributed by atoms with Gasteiger partial charge < -0.3 is 15.0 Å². The van der Waals surface area contributed by atoms with Gasteiger partial charge in [-0.15, -0.1) is 12.4 Å². The Morgan fingerprint density at radius 3 is 2.63 bits per heavy atom. The summed E-state index contributed by atoms with van der Waals surface area (Å²) in [5.74, 6) is 1.06. The Bertz CT molecular complexity index is 745. The normalized spacial score (nSPS) is 14.7. The van der Waals surface area contributed by atoms with E-state index in [0.29, 0.717) is 6.42 Å². The van der Waals surface area contributed by atoms with Crippen molar-refractivity contribution in [1.29, 1.82) is 0 Å². The molecule has 0 unspecified atom stereocenters. The van der Waals surface area contributed by atoms with Crippen LogP contribution in [0.3, 0.4) is 0 Å². The Hall–Kier alpha value is -1.98. The summed E-state index contributed by atoms with van der Waals surface area (Å²) >= 11 is 0. The largest absolute Gasteiger partial charge is 0.497 e. The number of methoxy groups -OCH3 is 1. The van der Waals surface area contributed by atoms with Crippen molar-refractivity contribution in [1.82, 2.24) is 10.2 Å². The minimum atomic E-state index is 0. The monoisotopic (exact) mass is 391 g/mol. The maximum atomic E-state index is 11.6. The minimum Gasteiger partial charge on any atom is -0.497 e. The highest BCUT2D eigenvalue weighted by Gasteiger charge is 2.18. The molecule has 6 heteroatoms. The highest BCUT2D eigenvalue weighted by atomic mass is 35.5. The third-order valence-electron chi connectivity index (χ3n) is 5.01. The summed E-state index contributed by atoms with van der Waals surface area (Å²) in [4.78, 5) is 16.4. The van der Waals surface area contributed by atoms with E-state index < -0.39 is 0 Å². The average Bonchev–Trinajstić information content (AvgIpc) is 2.68. The van der Waals surface area contributed by atoms with Gasteiger partial charge in [-0.3, -0.25) is 9.69 Å². The molecule has 1 fully saturated rings. The zero-order chi connectivity index (χ0) is 18.4. The van der Waals surface area contributed by atoms with Gasteiger partial charge >= 0.3 is 0 Å². The zero-order valence-corrected chi connectivity index (χ0v) is 17.1. The molecule has 3 rings (SSSR count). The molecule has 1 N–H and O–H groups in total. The van der Waals surface area contributed by atoms with Gasteiger partial charge in [0.15, 0.2) is 0 Å². The van der Waals surface area contributed by atoms with E-state index >= 15 is 0 Å². The SMILES string of the molecule is CCCC(=O)NCCN1CCN(c2cccc3ccc(OC)cc23)CC1.Cl. The first-order valence-electron chi connectivity index (χ1n) is 9.52. The molecule has 0 radical (unpaired) electrons. The van der Waals surface area contributed by atoms with Crippen molar-refractivity contribution in [2.75, 3.05) is 51.3 Å². The van der Waals surface area contributed by atoms with Crippen molar-refractivity contribution >= 4 is 34.8 Å². The van der Waals surface area contributed by atoms with Crippen LogP contribution in [-0.2, 0) is 4.79 Å². The number of amides is 1. The minimum absolute atomic E-state index is 0. The maximum absolute atomic E-state index is 11.6. The summed E-state index contributed by atoms with van der Waals surface area (Å²) in [6, 6.07) is 12.7. The van der Waals surface area contributed by atoms with Gasteiger partial charge in [-0.2, -0.15) is 0 Å². The maximum Gasteiger partial charge on any atom is 0.220 e. The van der Waals surface area contributed by atoms with Crippen LogP contribution in [0.5, 0.6) is 5.75 Å². The molecular weight excluding hydrogens is 362 g/mol. The second-order valence-corrected chi connectivity index (χ2v) is 6.79. The molecule has 0 spiro atoms. The molecule has 0 saturated carbocycles. The highest BCUT2D eigenvalue weighted by molar-refractivity contribution is 5.95. The lowest BCUT2D eigenvalue weighted by Gasteiger charge is -2.36. The second-order valence-electron chi connectivity index (χ2n) is 6.79. The van der Waals surface area contributed by atoms with Crippen LogP contribution >= 0.6 is 12.4 Å². The van der Waals surface area contributed by atoms with Crippen LogP contribution in [0.1, 0.15) is 19.8 Å². The molecule has 1 heterocycles. The lowest BCUT2D eigenvalue weighted by Crippen LogP contribution is -2.48. The van der Waals surface area contributed by atoms with Gasteiger partial charge in [0.05, 0.1) is 7.11 Å². The molecule has 1 saturated heterocycles. The smallest absolute Gasteiger partial charge is 0.220 e. The Morgan fingerprint density at radius 1 is 1.15 bits per heavy atom. The predicted octanol–water partition coefficient (Wildman–Crippen LogP) is 3.31. The molecular formula is C21H30ClN3O2. The van der Waals surface area contributed by atoms with Crippen molar-refractivity contribution in [3.63, 3.8) is 0 Å². The first kappa shape index (κ1) is 21.3.